The Labute approximate surface area is 96.5 Å². The third kappa shape index (κ3) is 3.93. The van der Waals surface area contributed by atoms with Crippen LogP contribution in [0.4, 0.5) is 5.69 Å². The lowest BCUT2D eigenvalue weighted by molar-refractivity contribution is -0.137. The van der Waals surface area contributed by atoms with Crippen LogP contribution in [0, 0.1) is 0 Å². The summed E-state index contributed by atoms with van der Waals surface area (Å²) in [7, 11) is 0. The molecule has 0 aliphatic carbocycles. The van der Waals surface area contributed by atoms with Crippen LogP contribution in [0.2, 0.25) is 0 Å². The van der Waals surface area contributed by atoms with Crippen LogP contribution in [0.25, 0.3) is 0 Å². The van der Waals surface area contributed by atoms with Crippen molar-refractivity contribution in [3.8, 4) is 0 Å². The predicted octanol–water partition coefficient (Wildman–Crippen LogP) is 3.09. The second-order valence-corrected chi connectivity index (χ2v) is 4.42. The molecule has 16 heavy (non-hydrogen) atoms. The zero-order valence-corrected chi connectivity index (χ0v) is 10.0. The lowest BCUT2D eigenvalue weighted by Gasteiger charge is -2.12. The van der Waals surface area contributed by atoms with Crippen LogP contribution in [0.15, 0.2) is 24.3 Å². The third-order valence-electron chi connectivity index (χ3n) is 2.42. The maximum absolute atomic E-state index is 10.6. The summed E-state index contributed by atoms with van der Waals surface area (Å²) in [5.74, 6) is -0.692. The number of benzene rings is 1. The van der Waals surface area contributed by atoms with E-state index in [0.717, 1.165) is 11.3 Å². The Morgan fingerprint density at radius 3 is 2.25 bits per heavy atom. The number of nitrogens with one attached hydrogen (secondary N) is 1. The second-order valence-electron chi connectivity index (χ2n) is 4.42. The first-order chi connectivity index (χ1) is 7.49. The molecule has 0 radical (unpaired) electrons. The minimum absolute atomic E-state index is 0.0607. The van der Waals surface area contributed by atoms with E-state index < -0.39 is 5.97 Å². The van der Waals surface area contributed by atoms with Gasteiger partial charge >= 0.3 is 5.97 Å². The number of hydrogen-bond donors (Lipinski definition) is 2. The minimum atomic E-state index is -0.753. The molecule has 0 heterocycles. The fourth-order valence-corrected chi connectivity index (χ4v) is 1.62. The fraction of sp³-hybridized carbons (Fsp3) is 0.462. The van der Waals surface area contributed by atoms with E-state index in [1.165, 1.54) is 0 Å². The van der Waals surface area contributed by atoms with Gasteiger partial charge in [-0.3, -0.25) is 4.79 Å². The monoisotopic (exact) mass is 221 g/mol. The minimum Gasteiger partial charge on any atom is -0.481 e. The van der Waals surface area contributed by atoms with Gasteiger partial charge in [0.15, 0.2) is 0 Å². The van der Waals surface area contributed by atoms with E-state index in [2.05, 4.69) is 19.2 Å². The number of rotatable bonds is 5. The molecule has 0 aliphatic heterocycles. The standard InChI is InChI=1S/C13H19NO2/c1-9(2)14-12-6-4-11(5-7-12)10(3)8-13(15)16/h4-7,9-10,14H,8H2,1-3H3,(H,15,16). The van der Waals surface area contributed by atoms with Crippen molar-refractivity contribution in [2.24, 2.45) is 0 Å². The lowest BCUT2D eigenvalue weighted by Crippen LogP contribution is -2.09. The van der Waals surface area contributed by atoms with E-state index in [-0.39, 0.29) is 12.3 Å². The number of carboxylic acids is 1. The molecule has 0 saturated heterocycles. The van der Waals surface area contributed by atoms with Gasteiger partial charge in [-0.25, -0.2) is 0 Å². The Hall–Kier alpha value is -1.51. The molecule has 0 aliphatic rings. The molecule has 1 aromatic rings. The molecule has 1 unspecified atom stereocenters. The van der Waals surface area contributed by atoms with Crippen LogP contribution < -0.4 is 5.32 Å². The van der Waals surface area contributed by atoms with Gasteiger partial charge in [-0.1, -0.05) is 19.1 Å². The third-order valence-corrected chi connectivity index (χ3v) is 2.42. The average Bonchev–Trinajstić information content (AvgIpc) is 2.16. The highest BCUT2D eigenvalue weighted by atomic mass is 16.4. The van der Waals surface area contributed by atoms with Gasteiger partial charge < -0.3 is 10.4 Å². The highest BCUT2D eigenvalue weighted by molar-refractivity contribution is 5.68. The number of hydrogen-bond acceptors (Lipinski definition) is 2. The van der Waals surface area contributed by atoms with Crippen LogP contribution in [0.3, 0.4) is 0 Å². The molecular formula is C13H19NO2. The largest absolute Gasteiger partial charge is 0.481 e. The molecule has 0 bridgehead atoms. The van der Waals surface area contributed by atoms with E-state index in [1.807, 2.05) is 31.2 Å². The van der Waals surface area contributed by atoms with E-state index in [9.17, 15) is 4.79 Å². The summed E-state index contributed by atoms with van der Waals surface area (Å²) < 4.78 is 0. The Morgan fingerprint density at radius 2 is 1.81 bits per heavy atom. The molecule has 0 aromatic heterocycles. The van der Waals surface area contributed by atoms with Gasteiger partial charge in [-0.15, -0.1) is 0 Å². The molecule has 1 rings (SSSR count). The van der Waals surface area contributed by atoms with Crippen molar-refractivity contribution < 1.29 is 9.90 Å². The van der Waals surface area contributed by atoms with Gasteiger partial charge in [0, 0.05) is 11.7 Å². The summed E-state index contributed by atoms with van der Waals surface area (Å²) in [5, 5.41) is 12.0. The first kappa shape index (κ1) is 12.6. The maximum Gasteiger partial charge on any atom is 0.303 e. The second kappa shape index (κ2) is 5.54. The molecule has 0 amide bonds. The zero-order chi connectivity index (χ0) is 12.1. The predicted molar refractivity (Wildman–Crippen MR) is 65.9 cm³/mol. The molecular weight excluding hydrogens is 202 g/mol. The Balaban J connectivity index is 2.66. The summed E-state index contributed by atoms with van der Waals surface area (Å²) >= 11 is 0. The van der Waals surface area contributed by atoms with Crippen LogP contribution in [-0.4, -0.2) is 17.1 Å². The van der Waals surface area contributed by atoms with Gasteiger partial charge in [-0.2, -0.15) is 0 Å². The molecule has 3 nitrogen and oxygen atoms in total. The number of carboxylic acid groups (broad SMARTS) is 1. The van der Waals surface area contributed by atoms with Crippen molar-refractivity contribution >= 4 is 11.7 Å². The number of aliphatic carboxylic acids is 1. The van der Waals surface area contributed by atoms with Crippen molar-refractivity contribution in [1.29, 1.82) is 0 Å². The number of anilines is 1. The lowest BCUT2D eigenvalue weighted by atomic mass is 9.98. The number of carbonyl (C=O) groups is 1. The molecule has 1 atom stereocenters. The van der Waals surface area contributed by atoms with Crippen molar-refractivity contribution in [3.05, 3.63) is 29.8 Å². The molecule has 1 aromatic carbocycles. The van der Waals surface area contributed by atoms with Crippen molar-refractivity contribution in [3.63, 3.8) is 0 Å². The fourth-order valence-electron chi connectivity index (χ4n) is 1.62. The summed E-state index contributed by atoms with van der Waals surface area (Å²) in [4.78, 5) is 10.6. The van der Waals surface area contributed by atoms with Crippen molar-refractivity contribution in [2.45, 2.75) is 39.2 Å². The molecule has 88 valence electrons. The smallest absolute Gasteiger partial charge is 0.303 e. The van der Waals surface area contributed by atoms with Gasteiger partial charge in [0.05, 0.1) is 6.42 Å². The summed E-state index contributed by atoms with van der Waals surface area (Å²) in [6.45, 7) is 6.10. The first-order valence-corrected chi connectivity index (χ1v) is 5.57. The topological polar surface area (TPSA) is 49.3 Å². The van der Waals surface area contributed by atoms with Gasteiger partial charge in [0.25, 0.3) is 0 Å². The summed E-state index contributed by atoms with van der Waals surface area (Å²) in [6.07, 6.45) is 0.178. The van der Waals surface area contributed by atoms with Gasteiger partial charge in [-0.05, 0) is 37.5 Å². The van der Waals surface area contributed by atoms with Gasteiger partial charge in [0.1, 0.15) is 0 Å². The average molecular weight is 221 g/mol. The SMILES string of the molecule is CC(C)Nc1ccc(C(C)CC(=O)O)cc1. The first-order valence-electron chi connectivity index (χ1n) is 5.57. The van der Waals surface area contributed by atoms with Crippen LogP contribution in [0.1, 0.15) is 38.7 Å². The summed E-state index contributed by atoms with van der Waals surface area (Å²) in [5.41, 5.74) is 2.14. The van der Waals surface area contributed by atoms with E-state index in [1.54, 1.807) is 0 Å². The van der Waals surface area contributed by atoms with Crippen LogP contribution in [-0.2, 0) is 4.79 Å². The molecule has 0 fully saturated rings. The molecule has 2 N–H and O–H groups in total. The Bertz CT molecular complexity index is 343. The van der Waals surface area contributed by atoms with Crippen LogP contribution >= 0.6 is 0 Å². The highest BCUT2D eigenvalue weighted by Crippen LogP contribution is 2.21. The Kier molecular flexibility index (Phi) is 4.35. The Morgan fingerprint density at radius 1 is 1.25 bits per heavy atom. The van der Waals surface area contributed by atoms with Crippen molar-refractivity contribution in [1.82, 2.24) is 0 Å². The highest BCUT2D eigenvalue weighted by Gasteiger charge is 2.09. The molecule has 0 saturated carbocycles. The van der Waals surface area contributed by atoms with Crippen LogP contribution in [0.5, 0.6) is 0 Å². The van der Waals surface area contributed by atoms with E-state index >= 15 is 0 Å². The molecule has 0 spiro atoms. The molecule has 3 heteroatoms. The quantitative estimate of drug-likeness (QED) is 0.803. The zero-order valence-electron chi connectivity index (χ0n) is 10.0. The van der Waals surface area contributed by atoms with E-state index in [4.69, 9.17) is 5.11 Å². The normalized spacial score (nSPS) is 12.5. The summed E-state index contributed by atoms with van der Waals surface area (Å²) in [6, 6.07) is 8.36. The van der Waals surface area contributed by atoms with Gasteiger partial charge in [0.2, 0.25) is 0 Å². The maximum atomic E-state index is 10.6. The van der Waals surface area contributed by atoms with E-state index in [0.29, 0.717) is 6.04 Å². The van der Waals surface area contributed by atoms with Crippen molar-refractivity contribution in [2.75, 3.05) is 5.32 Å².